The summed E-state index contributed by atoms with van der Waals surface area (Å²) in [6.07, 6.45) is 0. The third-order valence-corrected chi connectivity index (χ3v) is 2.97. The molecular weight excluding hydrogens is 301 g/mol. The van der Waals surface area contributed by atoms with Gasteiger partial charge in [-0.05, 0) is 25.1 Å². The lowest BCUT2D eigenvalue weighted by atomic mass is 9.95. The highest BCUT2D eigenvalue weighted by molar-refractivity contribution is 5.98. The van der Waals surface area contributed by atoms with Crippen molar-refractivity contribution in [1.29, 1.82) is 0 Å². The number of hydrogen-bond acceptors (Lipinski definition) is 3. The standard InChI is InChI=1S/C16H22FN3O3/c1-9(18-15(23)16(3,4)5)14(22)20-11-6-7-12(17)13(8-11)19-10(2)21/h6-9H,1-5H3,(H,18,23)(H,19,21)(H,20,22). The Morgan fingerprint density at radius 1 is 1.13 bits per heavy atom. The number of carbonyl (C=O) groups excluding carboxylic acids is 3. The third kappa shape index (κ3) is 5.69. The highest BCUT2D eigenvalue weighted by Crippen LogP contribution is 2.20. The van der Waals surface area contributed by atoms with Crippen molar-refractivity contribution in [2.24, 2.45) is 5.41 Å². The van der Waals surface area contributed by atoms with Crippen LogP contribution >= 0.6 is 0 Å². The van der Waals surface area contributed by atoms with E-state index in [1.807, 2.05) is 0 Å². The molecule has 3 amide bonds. The van der Waals surface area contributed by atoms with Crippen molar-refractivity contribution in [3.05, 3.63) is 24.0 Å². The molecule has 0 heterocycles. The lowest BCUT2D eigenvalue weighted by Gasteiger charge is -2.21. The van der Waals surface area contributed by atoms with E-state index < -0.39 is 29.1 Å². The molecule has 0 aliphatic carbocycles. The van der Waals surface area contributed by atoms with Crippen LogP contribution in [0.1, 0.15) is 34.6 Å². The minimum absolute atomic E-state index is 0.0262. The molecule has 1 unspecified atom stereocenters. The van der Waals surface area contributed by atoms with E-state index in [-0.39, 0.29) is 11.6 Å². The van der Waals surface area contributed by atoms with E-state index in [2.05, 4.69) is 16.0 Å². The van der Waals surface area contributed by atoms with Crippen molar-refractivity contribution in [3.63, 3.8) is 0 Å². The number of carbonyl (C=O) groups is 3. The minimum Gasteiger partial charge on any atom is -0.344 e. The summed E-state index contributed by atoms with van der Waals surface area (Å²) in [5, 5.41) is 7.50. The summed E-state index contributed by atoms with van der Waals surface area (Å²) in [5.74, 6) is -1.72. The molecule has 0 spiro atoms. The van der Waals surface area contributed by atoms with Crippen molar-refractivity contribution in [3.8, 4) is 0 Å². The van der Waals surface area contributed by atoms with Gasteiger partial charge in [0.2, 0.25) is 17.7 Å². The van der Waals surface area contributed by atoms with Crippen LogP contribution in [0.4, 0.5) is 15.8 Å². The van der Waals surface area contributed by atoms with Gasteiger partial charge in [-0.1, -0.05) is 20.8 Å². The first-order valence-electron chi connectivity index (χ1n) is 7.19. The molecule has 1 aromatic rings. The van der Waals surface area contributed by atoms with Crippen molar-refractivity contribution >= 4 is 29.1 Å². The Bertz CT molecular complexity index is 623. The Labute approximate surface area is 134 Å². The lowest BCUT2D eigenvalue weighted by molar-refractivity contribution is -0.131. The molecule has 6 nitrogen and oxygen atoms in total. The highest BCUT2D eigenvalue weighted by atomic mass is 19.1. The molecule has 0 radical (unpaired) electrons. The molecule has 0 fully saturated rings. The zero-order chi connectivity index (χ0) is 17.8. The Kier molecular flexibility index (Phi) is 5.84. The van der Waals surface area contributed by atoms with E-state index in [4.69, 9.17) is 0 Å². The number of rotatable bonds is 4. The van der Waals surface area contributed by atoms with Crippen LogP contribution in [0.2, 0.25) is 0 Å². The first-order valence-corrected chi connectivity index (χ1v) is 7.19. The zero-order valence-corrected chi connectivity index (χ0v) is 13.9. The SMILES string of the molecule is CC(=O)Nc1cc(NC(=O)C(C)NC(=O)C(C)(C)C)ccc1F. The zero-order valence-electron chi connectivity index (χ0n) is 13.9. The minimum atomic E-state index is -0.754. The molecule has 1 atom stereocenters. The van der Waals surface area contributed by atoms with Gasteiger partial charge >= 0.3 is 0 Å². The molecule has 23 heavy (non-hydrogen) atoms. The van der Waals surface area contributed by atoms with Crippen molar-refractivity contribution in [1.82, 2.24) is 5.32 Å². The fraction of sp³-hybridized carbons (Fsp3) is 0.438. The highest BCUT2D eigenvalue weighted by Gasteiger charge is 2.25. The van der Waals surface area contributed by atoms with Crippen molar-refractivity contribution in [2.75, 3.05) is 10.6 Å². The lowest BCUT2D eigenvalue weighted by Crippen LogP contribution is -2.46. The number of anilines is 2. The predicted molar refractivity (Wildman–Crippen MR) is 86.4 cm³/mol. The van der Waals surface area contributed by atoms with Gasteiger partial charge in [0.15, 0.2) is 0 Å². The molecule has 0 aliphatic rings. The molecule has 1 aromatic carbocycles. The smallest absolute Gasteiger partial charge is 0.246 e. The number of hydrogen-bond donors (Lipinski definition) is 3. The Hall–Kier alpha value is -2.44. The van der Waals surface area contributed by atoms with Crippen LogP contribution in [-0.2, 0) is 14.4 Å². The molecule has 0 saturated carbocycles. The number of benzene rings is 1. The summed E-state index contributed by atoms with van der Waals surface area (Å²) >= 11 is 0. The second-order valence-corrected chi connectivity index (χ2v) is 6.31. The van der Waals surface area contributed by atoms with Crippen molar-refractivity contribution < 1.29 is 18.8 Å². The third-order valence-electron chi connectivity index (χ3n) is 2.97. The van der Waals surface area contributed by atoms with E-state index in [0.29, 0.717) is 5.69 Å². The van der Waals surface area contributed by atoms with E-state index in [9.17, 15) is 18.8 Å². The average Bonchev–Trinajstić information content (AvgIpc) is 2.40. The Balaban J connectivity index is 2.77. The van der Waals surface area contributed by atoms with Gasteiger partial charge in [-0.15, -0.1) is 0 Å². The van der Waals surface area contributed by atoms with Crippen LogP contribution in [0.15, 0.2) is 18.2 Å². The van der Waals surface area contributed by atoms with E-state index in [0.717, 1.165) is 6.07 Å². The van der Waals surface area contributed by atoms with Gasteiger partial charge in [0.25, 0.3) is 0 Å². The van der Waals surface area contributed by atoms with Crippen molar-refractivity contribution in [2.45, 2.75) is 40.7 Å². The molecule has 0 aromatic heterocycles. The van der Waals surface area contributed by atoms with Crippen LogP contribution in [0, 0.1) is 11.2 Å². The summed E-state index contributed by atoms with van der Waals surface area (Å²) in [7, 11) is 0. The van der Waals surface area contributed by atoms with Gasteiger partial charge in [0.05, 0.1) is 5.69 Å². The van der Waals surface area contributed by atoms with Gasteiger partial charge in [0.1, 0.15) is 11.9 Å². The molecule has 0 aliphatic heterocycles. The maximum Gasteiger partial charge on any atom is 0.246 e. The summed E-state index contributed by atoms with van der Waals surface area (Å²) in [5.41, 5.74) is -0.318. The summed E-state index contributed by atoms with van der Waals surface area (Å²) in [6.45, 7) is 8.04. The first kappa shape index (κ1) is 18.6. The number of nitrogens with one attached hydrogen (secondary N) is 3. The van der Waals surface area contributed by atoms with Gasteiger partial charge in [-0.25, -0.2) is 4.39 Å². The molecule has 7 heteroatoms. The molecule has 3 N–H and O–H groups in total. The predicted octanol–water partition coefficient (Wildman–Crippen LogP) is 2.27. The topological polar surface area (TPSA) is 87.3 Å². The molecular formula is C16H22FN3O3. The molecule has 126 valence electrons. The summed E-state index contributed by atoms with van der Waals surface area (Å²) in [4.78, 5) is 35.0. The maximum atomic E-state index is 13.5. The largest absolute Gasteiger partial charge is 0.344 e. The van der Waals surface area contributed by atoms with Gasteiger partial charge in [-0.2, -0.15) is 0 Å². The maximum absolute atomic E-state index is 13.5. The Morgan fingerprint density at radius 2 is 1.74 bits per heavy atom. The van der Waals surface area contributed by atoms with E-state index in [1.165, 1.54) is 19.1 Å². The molecule has 1 rings (SSSR count). The molecule has 0 bridgehead atoms. The fourth-order valence-electron chi connectivity index (χ4n) is 1.62. The van der Waals surface area contributed by atoms with Gasteiger partial charge in [-0.3, -0.25) is 14.4 Å². The first-order chi connectivity index (χ1) is 10.5. The van der Waals surface area contributed by atoms with Gasteiger partial charge < -0.3 is 16.0 Å². The van der Waals surface area contributed by atoms with Crippen LogP contribution < -0.4 is 16.0 Å². The Morgan fingerprint density at radius 3 is 2.26 bits per heavy atom. The average molecular weight is 323 g/mol. The van der Waals surface area contributed by atoms with Gasteiger partial charge in [0, 0.05) is 18.0 Å². The van der Waals surface area contributed by atoms with Crippen LogP contribution in [0.5, 0.6) is 0 Å². The normalized spacial score (nSPS) is 12.3. The fourth-order valence-corrected chi connectivity index (χ4v) is 1.62. The summed E-state index contributed by atoms with van der Waals surface area (Å²) in [6, 6.07) is 3.07. The van der Waals surface area contributed by atoms with Crippen LogP contribution in [0.25, 0.3) is 0 Å². The second-order valence-electron chi connectivity index (χ2n) is 6.31. The van der Waals surface area contributed by atoms with Crippen LogP contribution in [0.3, 0.4) is 0 Å². The number of amides is 3. The molecule has 0 saturated heterocycles. The van der Waals surface area contributed by atoms with E-state index in [1.54, 1.807) is 27.7 Å². The number of halogens is 1. The summed E-state index contributed by atoms with van der Waals surface area (Å²) < 4.78 is 13.5. The monoisotopic (exact) mass is 323 g/mol. The van der Waals surface area contributed by atoms with Crippen LogP contribution in [-0.4, -0.2) is 23.8 Å². The van der Waals surface area contributed by atoms with E-state index >= 15 is 0 Å². The second kappa shape index (κ2) is 7.21. The quantitative estimate of drug-likeness (QED) is 0.794.